The summed E-state index contributed by atoms with van der Waals surface area (Å²) >= 11 is 3.38. The molecule has 1 saturated heterocycles. The van der Waals surface area contributed by atoms with Crippen molar-refractivity contribution < 1.29 is 23.8 Å². The van der Waals surface area contributed by atoms with E-state index >= 15 is 0 Å². The topological polar surface area (TPSA) is 105 Å². The number of hydrogen-bond donors (Lipinski definition) is 0. The van der Waals surface area contributed by atoms with E-state index in [9.17, 15) is 9.59 Å². The predicted octanol–water partition coefficient (Wildman–Crippen LogP) is 1.37. The highest BCUT2D eigenvalue weighted by Gasteiger charge is 2.40. The zero-order valence-electron chi connectivity index (χ0n) is 13.0. The van der Waals surface area contributed by atoms with E-state index in [1.165, 1.54) is 20.2 Å². The molecule has 0 aliphatic carbocycles. The monoisotopic (exact) mass is 398 g/mol. The van der Waals surface area contributed by atoms with Crippen LogP contribution in [0, 0.1) is 0 Å². The van der Waals surface area contributed by atoms with E-state index in [4.69, 9.17) is 14.2 Å². The van der Waals surface area contributed by atoms with Crippen LogP contribution in [0.4, 0.5) is 0 Å². The second-order valence-electron chi connectivity index (χ2n) is 5.30. The van der Waals surface area contributed by atoms with Crippen molar-refractivity contribution in [1.29, 1.82) is 0 Å². The Balaban J connectivity index is 1.86. The maximum absolute atomic E-state index is 11.3. The zero-order valence-corrected chi connectivity index (χ0v) is 14.6. The average Bonchev–Trinajstić information content (AvgIpc) is 3.04. The Morgan fingerprint density at radius 3 is 2.92 bits per heavy atom. The Bertz CT molecular complexity index is 780. The highest BCUT2D eigenvalue weighted by Crippen LogP contribution is 2.35. The summed E-state index contributed by atoms with van der Waals surface area (Å²) < 4.78 is 18.5. The number of rotatable bonds is 4. The third-order valence-electron chi connectivity index (χ3n) is 3.55. The number of imidazole rings is 1. The number of aromatic nitrogens is 4. The fourth-order valence-corrected chi connectivity index (χ4v) is 3.21. The molecule has 9 nitrogen and oxygen atoms in total. The van der Waals surface area contributed by atoms with E-state index in [1.807, 2.05) is 0 Å². The van der Waals surface area contributed by atoms with E-state index < -0.39 is 30.4 Å². The van der Waals surface area contributed by atoms with E-state index in [0.29, 0.717) is 22.3 Å². The Morgan fingerprint density at radius 1 is 1.42 bits per heavy atom. The van der Waals surface area contributed by atoms with Gasteiger partial charge in [0.1, 0.15) is 36.9 Å². The standard InChI is InChI=1S/C14H15BrN4O5/c1-7(20)22-5-11-10(23-8(2)21)3-12(24-11)19-13-9(18-14(19)15)4-16-6-17-13/h4,6,10-12H,3,5H2,1-2H3/t10-,11+,12+/m0/s1. The van der Waals surface area contributed by atoms with E-state index in [-0.39, 0.29) is 6.61 Å². The van der Waals surface area contributed by atoms with Crippen LogP contribution < -0.4 is 0 Å². The van der Waals surface area contributed by atoms with Gasteiger partial charge in [0.05, 0.1) is 6.20 Å². The molecule has 0 unspecified atom stereocenters. The molecule has 0 saturated carbocycles. The van der Waals surface area contributed by atoms with Crippen molar-refractivity contribution in [2.75, 3.05) is 6.61 Å². The molecule has 0 amide bonds. The largest absolute Gasteiger partial charge is 0.463 e. The molecule has 3 atom stereocenters. The summed E-state index contributed by atoms with van der Waals surface area (Å²) in [6.07, 6.45) is 1.84. The number of carbonyl (C=O) groups is 2. The minimum Gasteiger partial charge on any atom is -0.463 e. The van der Waals surface area contributed by atoms with Gasteiger partial charge >= 0.3 is 11.9 Å². The molecule has 2 aromatic heterocycles. The quantitative estimate of drug-likeness (QED) is 0.561. The number of ether oxygens (including phenoxy) is 3. The minimum absolute atomic E-state index is 0.00299. The summed E-state index contributed by atoms with van der Waals surface area (Å²) in [5.74, 6) is -0.848. The lowest BCUT2D eigenvalue weighted by Crippen LogP contribution is -2.31. The molecule has 0 N–H and O–H groups in total. The van der Waals surface area contributed by atoms with Crippen LogP contribution in [0.15, 0.2) is 17.3 Å². The van der Waals surface area contributed by atoms with Crippen LogP contribution in [0.3, 0.4) is 0 Å². The first-order valence-corrected chi connectivity index (χ1v) is 8.04. The molecule has 3 heterocycles. The van der Waals surface area contributed by atoms with Gasteiger partial charge in [-0.25, -0.2) is 15.0 Å². The number of nitrogens with zero attached hydrogens (tertiary/aromatic N) is 4. The normalized spacial score (nSPS) is 23.4. The lowest BCUT2D eigenvalue weighted by Gasteiger charge is -2.17. The van der Waals surface area contributed by atoms with Crippen LogP contribution >= 0.6 is 15.9 Å². The van der Waals surface area contributed by atoms with Gasteiger partial charge in [-0.3, -0.25) is 14.2 Å². The molecular weight excluding hydrogens is 384 g/mol. The smallest absolute Gasteiger partial charge is 0.303 e. The molecule has 2 aromatic rings. The van der Waals surface area contributed by atoms with Gasteiger partial charge in [0, 0.05) is 20.3 Å². The van der Waals surface area contributed by atoms with Gasteiger partial charge in [-0.2, -0.15) is 0 Å². The van der Waals surface area contributed by atoms with Gasteiger partial charge in [-0.1, -0.05) is 0 Å². The van der Waals surface area contributed by atoms with Crippen LogP contribution in [0.25, 0.3) is 11.2 Å². The maximum atomic E-state index is 11.3. The third-order valence-corrected chi connectivity index (χ3v) is 4.11. The molecule has 1 aliphatic heterocycles. The maximum Gasteiger partial charge on any atom is 0.303 e. The Morgan fingerprint density at radius 2 is 2.21 bits per heavy atom. The van der Waals surface area contributed by atoms with Crippen LogP contribution in [-0.2, 0) is 23.8 Å². The Kier molecular flexibility index (Phi) is 4.76. The molecular formula is C14H15BrN4O5. The van der Waals surface area contributed by atoms with Crippen molar-refractivity contribution in [3.63, 3.8) is 0 Å². The van der Waals surface area contributed by atoms with Gasteiger partial charge in [0.25, 0.3) is 0 Å². The number of fused-ring (bicyclic) bond motifs is 1. The first kappa shape index (κ1) is 16.8. The lowest BCUT2D eigenvalue weighted by molar-refractivity contribution is -0.155. The summed E-state index contributed by atoms with van der Waals surface area (Å²) in [6.45, 7) is 2.64. The fraction of sp³-hybridized carbons (Fsp3) is 0.500. The zero-order chi connectivity index (χ0) is 17.3. The van der Waals surface area contributed by atoms with Crippen molar-refractivity contribution in [1.82, 2.24) is 19.5 Å². The Labute approximate surface area is 145 Å². The SMILES string of the molecule is CC(=O)OC[C@H]1O[C@@H](n2c(Br)nc3cncnc32)C[C@@H]1OC(C)=O. The number of carbonyl (C=O) groups excluding carboxylic acids is 2. The summed E-state index contributed by atoms with van der Waals surface area (Å²) in [4.78, 5) is 34.8. The van der Waals surface area contributed by atoms with Crippen molar-refractivity contribution in [3.05, 3.63) is 17.3 Å². The van der Waals surface area contributed by atoms with Gasteiger partial charge in [-0.15, -0.1) is 0 Å². The van der Waals surface area contributed by atoms with E-state index in [2.05, 4.69) is 30.9 Å². The number of halogens is 1. The van der Waals surface area contributed by atoms with Gasteiger partial charge in [-0.05, 0) is 15.9 Å². The Hall–Kier alpha value is -2.07. The van der Waals surface area contributed by atoms with Crippen molar-refractivity contribution >= 4 is 39.0 Å². The second kappa shape index (κ2) is 6.81. The second-order valence-corrected chi connectivity index (χ2v) is 6.01. The molecule has 0 bridgehead atoms. The fourth-order valence-electron chi connectivity index (χ4n) is 2.62. The summed E-state index contributed by atoms with van der Waals surface area (Å²) in [7, 11) is 0. The third kappa shape index (κ3) is 3.39. The first-order valence-electron chi connectivity index (χ1n) is 7.25. The predicted molar refractivity (Wildman–Crippen MR) is 83.7 cm³/mol. The van der Waals surface area contributed by atoms with Crippen molar-refractivity contribution in [2.45, 2.75) is 38.7 Å². The molecule has 0 spiro atoms. The van der Waals surface area contributed by atoms with Crippen LogP contribution in [-0.4, -0.2) is 50.3 Å². The summed E-state index contributed by atoms with van der Waals surface area (Å²) in [5, 5.41) is 0. The lowest BCUT2D eigenvalue weighted by atomic mass is 10.2. The number of esters is 2. The number of hydrogen-bond acceptors (Lipinski definition) is 8. The van der Waals surface area contributed by atoms with E-state index in [1.54, 1.807) is 10.8 Å². The summed E-state index contributed by atoms with van der Waals surface area (Å²) in [5.41, 5.74) is 1.21. The molecule has 0 aromatic carbocycles. The highest BCUT2D eigenvalue weighted by atomic mass is 79.9. The molecule has 1 fully saturated rings. The molecule has 1 aliphatic rings. The highest BCUT2D eigenvalue weighted by molar-refractivity contribution is 9.10. The van der Waals surface area contributed by atoms with Crippen LogP contribution in [0.2, 0.25) is 0 Å². The molecule has 3 rings (SSSR count). The average molecular weight is 399 g/mol. The van der Waals surface area contributed by atoms with Crippen molar-refractivity contribution in [3.8, 4) is 0 Å². The van der Waals surface area contributed by atoms with Gasteiger partial charge < -0.3 is 14.2 Å². The molecule has 128 valence electrons. The van der Waals surface area contributed by atoms with E-state index in [0.717, 1.165) is 0 Å². The molecule has 24 heavy (non-hydrogen) atoms. The molecule has 10 heteroatoms. The van der Waals surface area contributed by atoms with Crippen LogP contribution in [0.5, 0.6) is 0 Å². The van der Waals surface area contributed by atoms with Crippen molar-refractivity contribution in [2.24, 2.45) is 0 Å². The molecule has 0 radical (unpaired) electrons. The van der Waals surface area contributed by atoms with Gasteiger partial charge in [0.2, 0.25) is 0 Å². The first-order chi connectivity index (χ1) is 11.5. The summed E-state index contributed by atoms with van der Waals surface area (Å²) in [6, 6.07) is 0. The van der Waals surface area contributed by atoms with Crippen LogP contribution in [0.1, 0.15) is 26.5 Å². The van der Waals surface area contributed by atoms with Gasteiger partial charge in [0.15, 0.2) is 10.4 Å². The minimum atomic E-state index is -0.561.